The molecule has 0 bridgehead atoms. The van der Waals surface area contributed by atoms with Crippen molar-refractivity contribution < 1.29 is 20.4 Å². The van der Waals surface area contributed by atoms with Crippen LogP contribution < -0.4 is 11.1 Å². The molecule has 0 aliphatic carbocycles. The van der Waals surface area contributed by atoms with Crippen molar-refractivity contribution in [3.05, 3.63) is 0 Å². The normalized spacial score (nSPS) is 7.62. The van der Waals surface area contributed by atoms with Crippen LogP contribution in [0.1, 0.15) is 0 Å². The minimum atomic E-state index is -1.47. The third kappa shape index (κ3) is 46.5. The number of aliphatic hydroxyl groups excluding tert-OH is 3. The Morgan fingerprint density at radius 1 is 1.31 bits per heavy atom. The second-order valence-corrected chi connectivity index (χ2v) is 2.31. The first-order valence-corrected chi connectivity index (χ1v) is 3.49. The Balaban J connectivity index is -0.000000173. The number of nitrogens with two attached hydrogens (primary N) is 1. The average molecular weight is 238 g/mol. The van der Waals surface area contributed by atoms with Gasteiger partial charge in [-0.05, 0) is 24.4 Å². The summed E-state index contributed by atoms with van der Waals surface area (Å²) >= 11 is 8.01. The van der Waals surface area contributed by atoms with Gasteiger partial charge in [0.05, 0.1) is 6.54 Å². The second-order valence-electron chi connectivity index (χ2n) is 1.50. The van der Waals surface area contributed by atoms with Gasteiger partial charge in [0.2, 0.25) is 0 Å². The topological polar surface area (TPSA) is 119 Å². The Labute approximate surface area is 108 Å². The zero-order valence-corrected chi connectivity index (χ0v) is 7.60. The van der Waals surface area contributed by atoms with Gasteiger partial charge in [0.25, 0.3) is 10.3 Å². The van der Waals surface area contributed by atoms with Gasteiger partial charge in [-0.3, -0.25) is 0 Å². The zero-order chi connectivity index (χ0) is 10.1. The summed E-state index contributed by atoms with van der Waals surface area (Å²) < 4.78 is 0. The molecule has 74 valence electrons. The number of thiocarbonyl (C=S) groups is 2. The molecule has 0 saturated carbocycles. The van der Waals surface area contributed by atoms with Crippen LogP contribution in [-0.4, -0.2) is 73.2 Å². The van der Waals surface area contributed by atoms with Crippen molar-refractivity contribution in [3.63, 3.8) is 0 Å². The molecular weight excluding hydrogens is 227 g/mol. The predicted octanol–water partition coefficient (Wildman–Crippen LogP) is -2.13. The number of aliphatic hydroxyl groups is 4. The molecule has 0 aromatic carbocycles. The Kier molecular flexibility index (Phi) is 17.9. The van der Waals surface area contributed by atoms with Crippen LogP contribution in [0.2, 0.25) is 0 Å². The fourth-order valence-electron chi connectivity index (χ4n) is 0.179. The van der Waals surface area contributed by atoms with E-state index in [-0.39, 0.29) is 36.1 Å². The van der Waals surface area contributed by atoms with E-state index in [1.54, 1.807) is 0 Å². The molecule has 0 atom stereocenters. The fraction of sp³-hybridized carbons (Fsp3) is 0.500. The van der Waals surface area contributed by atoms with E-state index in [1.807, 2.05) is 0 Å². The van der Waals surface area contributed by atoms with Crippen molar-refractivity contribution >= 4 is 64.3 Å². The first-order valence-electron chi connectivity index (χ1n) is 2.67. The first kappa shape index (κ1) is 19.0. The summed E-state index contributed by atoms with van der Waals surface area (Å²) in [7, 11) is 0. The summed E-state index contributed by atoms with van der Waals surface area (Å²) in [5.41, 5.74) is 4.40. The summed E-state index contributed by atoms with van der Waals surface area (Å²) in [4.78, 5) is 0. The third-order valence-electron chi connectivity index (χ3n) is 0.436. The Bertz CT molecular complexity index is 153. The van der Waals surface area contributed by atoms with E-state index < -0.39 is 16.6 Å². The summed E-state index contributed by atoms with van der Waals surface area (Å²) in [5, 5.41) is 33.2. The van der Waals surface area contributed by atoms with Crippen LogP contribution in [0.25, 0.3) is 0 Å². The van der Waals surface area contributed by atoms with E-state index in [0.29, 0.717) is 0 Å². The Hall–Kier alpha value is 0.300. The fourth-order valence-corrected chi connectivity index (χ4v) is 0.262. The van der Waals surface area contributed by atoms with Crippen LogP contribution in [-0.2, 0) is 0 Å². The van der Waals surface area contributed by atoms with Gasteiger partial charge < -0.3 is 31.5 Å². The van der Waals surface area contributed by atoms with E-state index in [9.17, 15) is 0 Å². The number of hydrogen-bond donors (Lipinski definition) is 6. The first-order chi connectivity index (χ1) is 5.36. The maximum absolute atomic E-state index is 8.20. The molecule has 0 aromatic heterocycles. The molecule has 6 nitrogen and oxygen atoms in total. The molecule has 0 spiro atoms. The molecule has 0 radical (unpaired) electrons. The van der Waals surface area contributed by atoms with Crippen LogP contribution >= 0.6 is 24.4 Å². The quantitative estimate of drug-likeness (QED) is 0.183. The van der Waals surface area contributed by atoms with Gasteiger partial charge >= 0.3 is 29.6 Å². The molecule has 0 heterocycles. The maximum atomic E-state index is 8.20. The SMILES string of the molecule is NC(O)=S.OC(=S)NCC(O)O.[NaH]. The van der Waals surface area contributed by atoms with E-state index in [2.05, 4.69) is 35.5 Å². The van der Waals surface area contributed by atoms with Gasteiger partial charge in [-0.2, -0.15) is 0 Å². The molecule has 0 aromatic rings. The van der Waals surface area contributed by atoms with Gasteiger partial charge in [0.15, 0.2) is 6.29 Å². The molecule has 7 N–H and O–H groups in total. The molecule has 0 aliphatic heterocycles. The number of nitrogens with one attached hydrogen (secondary N) is 1. The van der Waals surface area contributed by atoms with Crippen molar-refractivity contribution in [1.82, 2.24) is 5.32 Å². The molecule has 9 heteroatoms. The second kappa shape index (κ2) is 12.3. The Morgan fingerprint density at radius 3 is 1.69 bits per heavy atom. The van der Waals surface area contributed by atoms with Gasteiger partial charge in [-0.15, -0.1) is 0 Å². The van der Waals surface area contributed by atoms with E-state index in [0.717, 1.165) is 0 Å². The van der Waals surface area contributed by atoms with Crippen molar-refractivity contribution in [1.29, 1.82) is 0 Å². The van der Waals surface area contributed by atoms with Crippen LogP contribution in [0.15, 0.2) is 0 Å². The van der Waals surface area contributed by atoms with E-state index in [4.69, 9.17) is 20.4 Å². The van der Waals surface area contributed by atoms with Crippen molar-refractivity contribution in [2.45, 2.75) is 6.29 Å². The van der Waals surface area contributed by atoms with Gasteiger partial charge in [-0.1, -0.05) is 0 Å². The molecule has 0 aliphatic rings. The van der Waals surface area contributed by atoms with E-state index >= 15 is 0 Å². The molecule has 0 saturated heterocycles. The molecule has 0 fully saturated rings. The molecule has 0 rings (SSSR count). The van der Waals surface area contributed by atoms with Crippen LogP contribution in [0, 0.1) is 0 Å². The summed E-state index contributed by atoms with van der Waals surface area (Å²) in [5.74, 6) is 0. The number of rotatable bonds is 2. The van der Waals surface area contributed by atoms with Gasteiger partial charge in [0.1, 0.15) is 0 Å². The molecular formula is C4H11N2NaO4S2. The van der Waals surface area contributed by atoms with Crippen molar-refractivity contribution in [2.75, 3.05) is 6.54 Å². The van der Waals surface area contributed by atoms with Crippen LogP contribution in [0.5, 0.6) is 0 Å². The number of hydrogen-bond acceptors (Lipinski definition) is 4. The third-order valence-corrected chi connectivity index (χ3v) is 0.580. The summed E-state index contributed by atoms with van der Waals surface area (Å²) in [6, 6.07) is 0. The van der Waals surface area contributed by atoms with Crippen LogP contribution in [0.4, 0.5) is 0 Å². The van der Waals surface area contributed by atoms with Gasteiger partial charge in [-0.25, -0.2) is 0 Å². The van der Waals surface area contributed by atoms with E-state index in [1.165, 1.54) is 0 Å². The van der Waals surface area contributed by atoms with Crippen molar-refractivity contribution in [3.8, 4) is 0 Å². The zero-order valence-electron chi connectivity index (χ0n) is 5.97. The summed E-state index contributed by atoms with van der Waals surface area (Å²) in [6.07, 6.45) is -1.47. The standard InChI is InChI=1S/C3H7NO3S.CH3NOS.Na.H/c5-2(6)1-4-3(7)8;2-1(3)4;;/h2,5-6H,1H2,(H2,4,7,8);(H3,2,3,4);;. The predicted molar refractivity (Wildman–Crippen MR) is 58.0 cm³/mol. The average Bonchev–Trinajstić information content (AvgIpc) is 1.82. The minimum absolute atomic E-state index is 0. The van der Waals surface area contributed by atoms with Gasteiger partial charge in [0, 0.05) is 0 Å². The molecule has 0 unspecified atom stereocenters. The molecule has 13 heavy (non-hydrogen) atoms. The van der Waals surface area contributed by atoms with Crippen LogP contribution in [0.3, 0.4) is 0 Å². The molecule has 0 amide bonds. The summed E-state index contributed by atoms with van der Waals surface area (Å²) in [6.45, 7) is -0.144. The van der Waals surface area contributed by atoms with Crippen molar-refractivity contribution in [2.24, 2.45) is 5.73 Å². The Morgan fingerprint density at radius 2 is 1.62 bits per heavy atom. The monoisotopic (exact) mass is 238 g/mol.